The first-order valence-electron chi connectivity index (χ1n) is 6.80. The molecule has 2 rings (SSSR count). The Kier molecular flexibility index (Phi) is 4.95. The second-order valence-corrected chi connectivity index (χ2v) is 4.82. The van der Waals surface area contributed by atoms with E-state index in [0.717, 1.165) is 11.6 Å². The maximum Gasteiger partial charge on any atom is 0.337 e. The molecule has 0 aliphatic heterocycles. The van der Waals surface area contributed by atoms with Gasteiger partial charge in [0.1, 0.15) is 11.6 Å². The minimum atomic E-state index is -0.691. The van der Waals surface area contributed by atoms with Crippen LogP contribution < -0.4 is 10.1 Å². The van der Waals surface area contributed by atoms with Gasteiger partial charge in [-0.2, -0.15) is 0 Å². The minimum absolute atomic E-state index is 0.117. The number of amides is 1. The van der Waals surface area contributed by atoms with E-state index < -0.39 is 17.7 Å². The molecule has 0 unspecified atom stereocenters. The molecule has 23 heavy (non-hydrogen) atoms. The first-order chi connectivity index (χ1) is 11.0. The van der Waals surface area contributed by atoms with Crippen molar-refractivity contribution in [3.63, 3.8) is 0 Å². The molecule has 0 aliphatic carbocycles. The number of carbonyl (C=O) groups excluding carboxylic acids is 2. The van der Waals surface area contributed by atoms with Gasteiger partial charge in [0.2, 0.25) is 0 Å². The first-order valence-corrected chi connectivity index (χ1v) is 6.80. The summed E-state index contributed by atoms with van der Waals surface area (Å²) in [5, 5.41) is 2.60. The Morgan fingerprint density at radius 1 is 1.09 bits per heavy atom. The molecule has 0 aromatic heterocycles. The quantitative estimate of drug-likeness (QED) is 0.880. The number of aryl methyl sites for hydroxylation is 1. The molecule has 1 N–H and O–H groups in total. The highest BCUT2D eigenvalue weighted by atomic mass is 19.1. The van der Waals surface area contributed by atoms with Crippen molar-refractivity contribution in [2.45, 2.75) is 6.92 Å². The molecular formula is C17H16FNO4. The van der Waals surface area contributed by atoms with E-state index in [9.17, 15) is 14.0 Å². The summed E-state index contributed by atoms with van der Waals surface area (Å²) in [7, 11) is 2.68. The van der Waals surface area contributed by atoms with Crippen LogP contribution in [-0.4, -0.2) is 26.1 Å². The lowest BCUT2D eigenvalue weighted by Gasteiger charge is -2.11. The van der Waals surface area contributed by atoms with Crippen molar-refractivity contribution >= 4 is 17.6 Å². The fourth-order valence-electron chi connectivity index (χ4n) is 2.00. The summed E-state index contributed by atoms with van der Waals surface area (Å²) < 4.78 is 23.5. The van der Waals surface area contributed by atoms with Crippen LogP contribution in [-0.2, 0) is 4.74 Å². The summed E-state index contributed by atoms with van der Waals surface area (Å²) in [5.41, 5.74) is 1.32. The molecule has 0 aliphatic rings. The lowest BCUT2D eigenvalue weighted by atomic mass is 10.1. The van der Waals surface area contributed by atoms with Crippen molar-refractivity contribution in [2.75, 3.05) is 19.5 Å². The molecule has 120 valence electrons. The Morgan fingerprint density at radius 2 is 1.83 bits per heavy atom. The zero-order valence-electron chi connectivity index (χ0n) is 13.0. The Labute approximate surface area is 133 Å². The Morgan fingerprint density at radius 3 is 2.43 bits per heavy atom. The van der Waals surface area contributed by atoms with Crippen LogP contribution in [0, 0.1) is 12.7 Å². The van der Waals surface area contributed by atoms with E-state index in [0.29, 0.717) is 17.0 Å². The van der Waals surface area contributed by atoms with Gasteiger partial charge in [0.25, 0.3) is 5.91 Å². The molecular weight excluding hydrogens is 301 g/mol. The molecule has 2 aromatic carbocycles. The van der Waals surface area contributed by atoms with Gasteiger partial charge in [-0.3, -0.25) is 4.79 Å². The highest BCUT2D eigenvalue weighted by Gasteiger charge is 2.15. The summed E-state index contributed by atoms with van der Waals surface area (Å²) in [6.07, 6.45) is 0. The largest absolute Gasteiger partial charge is 0.497 e. The fraction of sp³-hybridized carbons (Fsp3) is 0.176. The maximum atomic E-state index is 13.9. The number of esters is 1. The van der Waals surface area contributed by atoms with Crippen LogP contribution in [0.5, 0.6) is 5.75 Å². The number of methoxy groups -OCH3 is 2. The van der Waals surface area contributed by atoms with Crippen LogP contribution >= 0.6 is 0 Å². The van der Waals surface area contributed by atoms with Crippen molar-refractivity contribution in [1.29, 1.82) is 0 Å². The molecule has 6 heteroatoms. The first kappa shape index (κ1) is 16.5. The highest BCUT2D eigenvalue weighted by Crippen LogP contribution is 2.21. The zero-order chi connectivity index (χ0) is 17.0. The van der Waals surface area contributed by atoms with E-state index in [4.69, 9.17) is 4.74 Å². The standard InChI is InChI=1S/C17H16FNO4/c1-10-4-5-11(17(21)23-3)8-15(10)19-16(20)13-7-6-12(22-2)9-14(13)18/h4-9H,1-3H3,(H,19,20). The van der Waals surface area contributed by atoms with Gasteiger partial charge < -0.3 is 14.8 Å². The molecule has 2 aromatic rings. The summed E-state index contributed by atoms with van der Waals surface area (Å²) in [5.74, 6) is -1.50. The van der Waals surface area contributed by atoms with Gasteiger partial charge in [0.15, 0.2) is 0 Å². The normalized spacial score (nSPS) is 10.1. The smallest absolute Gasteiger partial charge is 0.337 e. The molecule has 1 amide bonds. The number of ether oxygens (including phenoxy) is 2. The number of benzene rings is 2. The predicted octanol–water partition coefficient (Wildman–Crippen LogP) is 3.18. The minimum Gasteiger partial charge on any atom is -0.497 e. The molecule has 0 heterocycles. The summed E-state index contributed by atoms with van der Waals surface area (Å²) in [4.78, 5) is 23.8. The molecule has 0 fully saturated rings. The highest BCUT2D eigenvalue weighted by molar-refractivity contribution is 6.05. The van der Waals surface area contributed by atoms with Crippen molar-refractivity contribution < 1.29 is 23.5 Å². The molecule has 0 saturated carbocycles. The molecule has 0 atom stereocenters. The van der Waals surface area contributed by atoms with Gasteiger partial charge in [-0.15, -0.1) is 0 Å². The van der Waals surface area contributed by atoms with E-state index >= 15 is 0 Å². The molecule has 5 nitrogen and oxygen atoms in total. The fourth-order valence-corrected chi connectivity index (χ4v) is 2.00. The molecule has 0 spiro atoms. The second kappa shape index (κ2) is 6.91. The molecule has 0 saturated heterocycles. The third kappa shape index (κ3) is 3.66. The predicted molar refractivity (Wildman–Crippen MR) is 83.4 cm³/mol. The number of anilines is 1. The molecule has 0 radical (unpaired) electrons. The van der Waals surface area contributed by atoms with Crippen LogP contribution in [0.15, 0.2) is 36.4 Å². The van der Waals surface area contributed by atoms with E-state index in [1.54, 1.807) is 19.1 Å². The Balaban J connectivity index is 2.28. The van der Waals surface area contributed by atoms with Crippen molar-refractivity contribution in [2.24, 2.45) is 0 Å². The van der Waals surface area contributed by atoms with Crippen LogP contribution in [0.25, 0.3) is 0 Å². The van der Waals surface area contributed by atoms with Gasteiger partial charge in [-0.25, -0.2) is 9.18 Å². The number of hydrogen-bond acceptors (Lipinski definition) is 4. The average Bonchev–Trinajstić information content (AvgIpc) is 2.55. The SMILES string of the molecule is COC(=O)c1ccc(C)c(NC(=O)c2ccc(OC)cc2F)c1. The van der Waals surface area contributed by atoms with Crippen LogP contribution in [0.4, 0.5) is 10.1 Å². The summed E-state index contributed by atoms with van der Waals surface area (Å²) in [6.45, 7) is 1.76. The van der Waals surface area contributed by atoms with E-state index in [-0.39, 0.29) is 5.56 Å². The Hall–Kier alpha value is -2.89. The monoisotopic (exact) mass is 317 g/mol. The summed E-state index contributed by atoms with van der Waals surface area (Å²) >= 11 is 0. The number of carbonyl (C=O) groups is 2. The third-order valence-corrected chi connectivity index (χ3v) is 3.33. The van der Waals surface area contributed by atoms with Crippen LogP contribution in [0.2, 0.25) is 0 Å². The van der Waals surface area contributed by atoms with E-state index in [2.05, 4.69) is 10.1 Å². The van der Waals surface area contributed by atoms with Crippen LogP contribution in [0.3, 0.4) is 0 Å². The van der Waals surface area contributed by atoms with Crippen LogP contribution in [0.1, 0.15) is 26.3 Å². The lowest BCUT2D eigenvalue weighted by Crippen LogP contribution is -2.15. The van der Waals surface area contributed by atoms with Crippen molar-refractivity contribution in [3.8, 4) is 5.75 Å². The number of rotatable bonds is 4. The Bertz CT molecular complexity index is 758. The lowest BCUT2D eigenvalue weighted by molar-refractivity contribution is 0.0600. The van der Waals surface area contributed by atoms with Crippen molar-refractivity contribution in [3.05, 3.63) is 58.9 Å². The number of halogens is 1. The van der Waals surface area contributed by atoms with Gasteiger partial charge in [-0.1, -0.05) is 6.07 Å². The average molecular weight is 317 g/mol. The molecule has 0 bridgehead atoms. The zero-order valence-corrected chi connectivity index (χ0v) is 13.0. The third-order valence-electron chi connectivity index (χ3n) is 3.33. The number of hydrogen-bond donors (Lipinski definition) is 1. The van der Waals surface area contributed by atoms with Crippen molar-refractivity contribution in [1.82, 2.24) is 0 Å². The van der Waals surface area contributed by atoms with E-state index in [1.807, 2.05) is 0 Å². The van der Waals surface area contributed by atoms with E-state index in [1.165, 1.54) is 32.4 Å². The number of nitrogens with one attached hydrogen (secondary N) is 1. The van der Waals surface area contributed by atoms with Gasteiger partial charge in [0.05, 0.1) is 25.3 Å². The maximum absolute atomic E-state index is 13.9. The topological polar surface area (TPSA) is 64.6 Å². The second-order valence-electron chi connectivity index (χ2n) is 4.82. The van der Waals surface area contributed by atoms with Gasteiger partial charge >= 0.3 is 5.97 Å². The van der Waals surface area contributed by atoms with Gasteiger partial charge in [-0.05, 0) is 36.8 Å². The summed E-state index contributed by atoms with van der Waals surface area (Å²) in [6, 6.07) is 8.71. The van der Waals surface area contributed by atoms with Gasteiger partial charge in [0, 0.05) is 11.8 Å².